The van der Waals surface area contributed by atoms with Gasteiger partial charge >= 0.3 is 6.09 Å². The monoisotopic (exact) mass is 463 g/mol. The smallest absolute Gasteiger partial charge is 0.407 e. The van der Waals surface area contributed by atoms with E-state index in [1.165, 1.54) is 18.3 Å². The SMILES string of the molecule is CCOC(=O)N[C@@H](CC(=O)N/N=C\c1ccc(OCc2ccc(F)cc2)cc1)c1ccccc1. The van der Waals surface area contributed by atoms with Crippen molar-refractivity contribution in [3.63, 3.8) is 0 Å². The molecule has 1 atom stereocenters. The van der Waals surface area contributed by atoms with Gasteiger partial charge in [0.25, 0.3) is 0 Å². The summed E-state index contributed by atoms with van der Waals surface area (Å²) in [5.74, 6) is 0.00716. The van der Waals surface area contributed by atoms with Crippen molar-refractivity contribution >= 4 is 18.2 Å². The molecule has 3 aromatic rings. The molecule has 176 valence electrons. The summed E-state index contributed by atoms with van der Waals surface area (Å²) in [6.45, 7) is 2.27. The normalized spacial score (nSPS) is 11.6. The quantitative estimate of drug-likeness (QED) is 0.336. The summed E-state index contributed by atoms with van der Waals surface area (Å²) in [5, 5.41) is 6.69. The largest absolute Gasteiger partial charge is 0.489 e. The van der Waals surface area contributed by atoms with E-state index in [0.29, 0.717) is 12.4 Å². The van der Waals surface area contributed by atoms with E-state index in [1.54, 1.807) is 43.3 Å². The van der Waals surface area contributed by atoms with Crippen molar-refractivity contribution in [2.75, 3.05) is 6.61 Å². The van der Waals surface area contributed by atoms with E-state index >= 15 is 0 Å². The fourth-order valence-electron chi connectivity index (χ4n) is 3.06. The lowest BCUT2D eigenvalue weighted by molar-refractivity contribution is -0.121. The molecule has 0 fully saturated rings. The highest BCUT2D eigenvalue weighted by Crippen LogP contribution is 2.17. The van der Waals surface area contributed by atoms with E-state index in [9.17, 15) is 14.0 Å². The number of carbonyl (C=O) groups is 2. The number of nitrogens with zero attached hydrogens (tertiary/aromatic N) is 1. The van der Waals surface area contributed by atoms with Crippen LogP contribution in [0.3, 0.4) is 0 Å². The Hall–Kier alpha value is -4.20. The van der Waals surface area contributed by atoms with Gasteiger partial charge in [-0.05, 0) is 60.0 Å². The average molecular weight is 464 g/mol. The summed E-state index contributed by atoms with van der Waals surface area (Å²) in [6, 6.07) is 21.9. The van der Waals surface area contributed by atoms with Crippen molar-refractivity contribution in [1.29, 1.82) is 0 Å². The number of hydrazone groups is 1. The summed E-state index contributed by atoms with van der Waals surface area (Å²) in [6.07, 6.45) is 0.920. The predicted octanol–water partition coefficient (Wildman–Crippen LogP) is 4.73. The van der Waals surface area contributed by atoms with E-state index in [1.807, 2.05) is 30.3 Å². The fraction of sp³-hybridized carbons (Fsp3) is 0.192. The molecule has 0 aromatic heterocycles. The Morgan fingerprint density at radius 1 is 1.00 bits per heavy atom. The second-order valence-corrected chi connectivity index (χ2v) is 7.31. The molecule has 8 heteroatoms. The van der Waals surface area contributed by atoms with Crippen LogP contribution in [-0.4, -0.2) is 24.8 Å². The Kier molecular flexibility index (Phi) is 9.16. The van der Waals surface area contributed by atoms with Crippen LogP contribution >= 0.6 is 0 Å². The molecule has 0 aliphatic carbocycles. The molecular weight excluding hydrogens is 437 g/mol. The van der Waals surface area contributed by atoms with E-state index < -0.39 is 12.1 Å². The molecule has 0 saturated carbocycles. The van der Waals surface area contributed by atoms with Crippen LogP contribution in [0.25, 0.3) is 0 Å². The second-order valence-electron chi connectivity index (χ2n) is 7.31. The third-order valence-corrected chi connectivity index (χ3v) is 4.76. The fourth-order valence-corrected chi connectivity index (χ4v) is 3.06. The number of ether oxygens (including phenoxy) is 2. The molecule has 0 aliphatic rings. The van der Waals surface area contributed by atoms with Crippen molar-refractivity contribution in [2.24, 2.45) is 5.10 Å². The van der Waals surface area contributed by atoms with Gasteiger partial charge in [0.05, 0.1) is 25.3 Å². The maximum absolute atomic E-state index is 13.0. The predicted molar refractivity (Wildman–Crippen MR) is 127 cm³/mol. The molecular formula is C26H26FN3O4. The van der Waals surface area contributed by atoms with Crippen molar-refractivity contribution in [1.82, 2.24) is 10.7 Å². The van der Waals surface area contributed by atoms with E-state index in [0.717, 1.165) is 16.7 Å². The molecule has 0 spiro atoms. The van der Waals surface area contributed by atoms with Crippen LogP contribution in [0, 0.1) is 5.82 Å². The maximum atomic E-state index is 13.0. The number of halogens is 1. The average Bonchev–Trinajstić information content (AvgIpc) is 2.85. The molecule has 0 aliphatic heterocycles. The number of amides is 2. The second kappa shape index (κ2) is 12.7. The van der Waals surface area contributed by atoms with E-state index in [2.05, 4.69) is 15.8 Å². The van der Waals surface area contributed by atoms with Crippen LogP contribution in [-0.2, 0) is 16.1 Å². The van der Waals surface area contributed by atoms with Gasteiger partial charge in [-0.25, -0.2) is 14.6 Å². The standard InChI is InChI=1S/C26H26FN3O4/c1-2-33-26(32)29-24(21-6-4-3-5-7-21)16-25(31)30-28-17-19-10-14-23(15-11-19)34-18-20-8-12-22(27)13-9-20/h3-15,17,24H,2,16,18H2,1H3,(H,29,32)(H,30,31)/b28-17-/t24-/m0/s1. The van der Waals surface area contributed by atoms with Crippen LogP contribution < -0.4 is 15.5 Å². The summed E-state index contributed by atoms with van der Waals surface area (Å²) in [7, 11) is 0. The van der Waals surface area contributed by atoms with Gasteiger partial charge in [-0.15, -0.1) is 0 Å². The van der Waals surface area contributed by atoms with Gasteiger partial charge in [0.2, 0.25) is 5.91 Å². The number of rotatable bonds is 10. The van der Waals surface area contributed by atoms with E-state index in [-0.39, 0.29) is 24.8 Å². The minimum Gasteiger partial charge on any atom is -0.489 e. The van der Waals surface area contributed by atoms with Crippen LogP contribution in [0.1, 0.15) is 36.1 Å². The Morgan fingerprint density at radius 3 is 2.38 bits per heavy atom. The first-order valence-corrected chi connectivity index (χ1v) is 10.8. The Morgan fingerprint density at radius 2 is 1.71 bits per heavy atom. The molecule has 3 rings (SSSR count). The zero-order valence-corrected chi connectivity index (χ0v) is 18.7. The molecule has 0 saturated heterocycles. The lowest BCUT2D eigenvalue weighted by Gasteiger charge is -2.18. The summed E-state index contributed by atoms with van der Waals surface area (Å²) in [4.78, 5) is 24.2. The van der Waals surface area contributed by atoms with Crippen LogP contribution in [0.2, 0.25) is 0 Å². The molecule has 0 radical (unpaired) electrons. The topological polar surface area (TPSA) is 89.0 Å². The van der Waals surface area contributed by atoms with Crippen LogP contribution in [0.4, 0.5) is 9.18 Å². The highest BCUT2D eigenvalue weighted by Gasteiger charge is 2.18. The summed E-state index contributed by atoms with van der Waals surface area (Å²) < 4.78 is 23.6. The molecule has 0 heterocycles. The summed E-state index contributed by atoms with van der Waals surface area (Å²) >= 11 is 0. The zero-order valence-electron chi connectivity index (χ0n) is 18.7. The highest BCUT2D eigenvalue weighted by atomic mass is 19.1. The third-order valence-electron chi connectivity index (χ3n) is 4.76. The number of carbonyl (C=O) groups excluding carboxylic acids is 2. The maximum Gasteiger partial charge on any atom is 0.407 e. The van der Waals surface area contributed by atoms with Crippen molar-refractivity contribution in [3.8, 4) is 5.75 Å². The molecule has 34 heavy (non-hydrogen) atoms. The lowest BCUT2D eigenvalue weighted by Crippen LogP contribution is -2.33. The van der Waals surface area contributed by atoms with Gasteiger partial charge in [-0.3, -0.25) is 4.79 Å². The van der Waals surface area contributed by atoms with Crippen molar-refractivity contribution < 1.29 is 23.5 Å². The Bertz CT molecular complexity index is 1090. The molecule has 2 N–H and O–H groups in total. The lowest BCUT2D eigenvalue weighted by atomic mass is 10.0. The minimum atomic E-state index is -0.589. The number of alkyl carbamates (subject to hydrolysis) is 1. The minimum absolute atomic E-state index is 0.00364. The molecule has 2 amide bonds. The van der Waals surface area contributed by atoms with Gasteiger partial charge < -0.3 is 14.8 Å². The number of benzene rings is 3. The first-order chi connectivity index (χ1) is 16.5. The van der Waals surface area contributed by atoms with Gasteiger partial charge in [0.1, 0.15) is 18.2 Å². The van der Waals surface area contributed by atoms with Crippen LogP contribution in [0.5, 0.6) is 5.75 Å². The van der Waals surface area contributed by atoms with Crippen molar-refractivity contribution in [2.45, 2.75) is 26.0 Å². The van der Waals surface area contributed by atoms with Gasteiger partial charge in [0.15, 0.2) is 0 Å². The van der Waals surface area contributed by atoms with Crippen molar-refractivity contribution in [3.05, 3.63) is 101 Å². The molecule has 3 aromatic carbocycles. The molecule has 7 nitrogen and oxygen atoms in total. The van der Waals surface area contributed by atoms with Gasteiger partial charge in [-0.2, -0.15) is 5.10 Å². The number of nitrogens with one attached hydrogen (secondary N) is 2. The Labute approximate surface area is 197 Å². The van der Waals surface area contributed by atoms with E-state index in [4.69, 9.17) is 9.47 Å². The van der Waals surface area contributed by atoms with Gasteiger partial charge in [-0.1, -0.05) is 42.5 Å². The molecule has 0 unspecified atom stereocenters. The number of hydrogen-bond acceptors (Lipinski definition) is 5. The first-order valence-electron chi connectivity index (χ1n) is 10.8. The zero-order chi connectivity index (χ0) is 24.2. The van der Waals surface area contributed by atoms with Gasteiger partial charge in [0, 0.05) is 0 Å². The number of hydrogen-bond donors (Lipinski definition) is 2. The summed E-state index contributed by atoms with van der Waals surface area (Å²) in [5.41, 5.74) is 4.89. The van der Waals surface area contributed by atoms with Crippen LogP contribution in [0.15, 0.2) is 84.0 Å². The first kappa shape index (κ1) is 24.4. The Balaban J connectivity index is 1.50. The molecule has 0 bridgehead atoms. The highest BCUT2D eigenvalue weighted by molar-refractivity contribution is 5.83. The third kappa shape index (κ3) is 8.05.